The van der Waals surface area contributed by atoms with Crippen molar-refractivity contribution in [2.24, 2.45) is 0 Å². The number of benzene rings is 1. The van der Waals surface area contributed by atoms with E-state index in [1.807, 2.05) is 6.07 Å². The lowest BCUT2D eigenvalue weighted by Crippen LogP contribution is -2.19. The zero-order valence-corrected chi connectivity index (χ0v) is 9.72. The molecule has 86 valence electrons. The van der Waals surface area contributed by atoms with Gasteiger partial charge >= 0.3 is 0 Å². The highest BCUT2D eigenvalue weighted by Crippen LogP contribution is 2.21. The third-order valence-electron chi connectivity index (χ3n) is 1.73. The van der Waals surface area contributed by atoms with Crippen LogP contribution in [0.1, 0.15) is 5.56 Å². The van der Waals surface area contributed by atoms with Gasteiger partial charge in [0.2, 0.25) is 10.0 Å². The van der Waals surface area contributed by atoms with Gasteiger partial charge in [-0.05, 0) is 18.2 Å². The lowest BCUT2D eigenvalue weighted by Gasteiger charge is -2.08. The molecule has 0 saturated heterocycles. The fourth-order valence-electron chi connectivity index (χ4n) is 1.04. The molecular weight excluding hydrogens is 252 g/mol. The summed E-state index contributed by atoms with van der Waals surface area (Å²) in [6.45, 7) is -0.488. The van der Waals surface area contributed by atoms with Crippen LogP contribution >= 0.6 is 11.6 Å². The summed E-state index contributed by atoms with van der Waals surface area (Å²) in [6.07, 6.45) is 0. The molecule has 16 heavy (non-hydrogen) atoms. The lowest BCUT2D eigenvalue weighted by molar-refractivity contribution is 0.320. The summed E-state index contributed by atoms with van der Waals surface area (Å²) in [4.78, 5) is 0. The minimum atomic E-state index is -3.64. The molecule has 7 heteroatoms. The number of nitrogens with one attached hydrogen (secondary N) is 1. The number of hydrogen-bond donors (Lipinski definition) is 2. The van der Waals surface area contributed by atoms with Crippen LogP contribution < -0.4 is 4.72 Å². The van der Waals surface area contributed by atoms with E-state index in [1.54, 1.807) is 0 Å². The average molecular weight is 261 g/mol. The van der Waals surface area contributed by atoms with Gasteiger partial charge in [-0.3, -0.25) is 4.72 Å². The molecule has 1 aromatic rings. The molecule has 2 N–H and O–H groups in total. The van der Waals surface area contributed by atoms with Crippen molar-refractivity contribution in [2.75, 3.05) is 17.1 Å². The fraction of sp³-hybridized carbons (Fsp3) is 0.222. The molecule has 0 saturated carbocycles. The molecule has 0 radical (unpaired) electrons. The average Bonchev–Trinajstić information content (AvgIpc) is 2.17. The van der Waals surface area contributed by atoms with Crippen molar-refractivity contribution in [3.05, 3.63) is 28.8 Å². The second-order valence-corrected chi connectivity index (χ2v) is 5.22. The van der Waals surface area contributed by atoms with Crippen LogP contribution in [0.5, 0.6) is 0 Å². The number of nitriles is 1. The predicted octanol–water partition coefficient (Wildman–Crippen LogP) is 0.946. The van der Waals surface area contributed by atoms with Crippen molar-refractivity contribution in [3.63, 3.8) is 0 Å². The Morgan fingerprint density at radius 3 is 2.75 bits per heavy atom. The van der Waals surface area contributed by atoms with Crippen LogP contribution in [0.4, 0.5) is 5.69 Å². The van der Waals surface area contributed by atoms with Crippen molar-refractivity contribution in [2.45, 2.75) is 0 Å². The van der Waals surface area contributed by atoms with Gasteiger partial charge in [0.05, 0.1) is 23.6 Å². The van der Waals surface area contributed by atoms with Gasteiger partial charge in [-0.2, -0.15) is 5.26 Å². The van der Waals surface area contributed by atoms with E-state index in [0.717, 1.165) is 0 Å². The first-order chi connectivity index (χ1) is 7.48. The van der Waals surface area contributed by atoms with E-state index in [2.05, 4.69) is 4.72 Å². The SMILES string of the molecule is N#Cc1ccc(Cl)cc1NS(=O)(=O)CCO. The standard InChI is InChI=1S/C9H9ClN2O3S/c10-8-2-1-7(6-11)9(5-8)12-16(14,15)4-3-13/h1-2,5,12-13H,3-4H2. The molecule has 0 aliphatic rings. The number of aliphatic hydroxyl groups is 1. The first kappa shape index (κ1) is 12.8. The van der Waals surface area contributed by atoms with Crippen LogP contribution in [-0.2, 0) is 10.0 Å². The van der Waals surface area contributed by atoms with Crippen LogP contribution in [0.2, 0.25) is 5.02 Å². The first-order valence-corrected chi connectivity index (χ1v) is 6.32. The fourth-order valence-corrected chi connectivity index (χ4v) is 2.06. The minimum absolute atomic E-state index is 0.114. The van der Waals surface area contributed by atoms with Crippen molar-refractivity contribution in [1.82, 2.24) is 0 Å². The van der Waals surface area contributed by atoms with Gasteiger partial charge in [-0.15, -0.1) is 0 Å². The Bertz CT molecular complexity index is 522. The van der Waals surface area contributed by atoms with Gasteiger partial charge in [0.1, 0.15) is 6.07 Å². The smallest absolute Gasteiger partial charge is 0.235 e. The van der Waals surface area contributed by atoms with Gasteiger partial charge in [0, 0.05) is 5.02 Å². The zero-order valence-electron chi connectivity index (χ0n) is 8.14. The molecule has 0 bridgehead atoms. The van der Waals surface area contributed by atoms with E-state index in [-0.39, 0.29) is 11.3 Å². The summed E-state index contributed by atoms with van der Waals surface area (Å²) in [6, 6.07) is 6.09. The van der Waals surface area contributed by atoms with Crippen LogP contribution in [0.15, 0.2) is 18.2 Å². The Balaban J connectivity index is 3.06. The van der Waals surface area contributed by atoms with E-state index >= 15 is 0 Å². The highest BCUT2D eigenvalue weighted by Gasteiger charge is 2.12. The van der Waals surface area contributed by atoms with Gasteiger partial charge in [0.25, 0.3) is 0 Å². The Morgan fingerprint density at radius 1 is 1.50 bits per heavy atom. The molecule has 1 aromatic carbocycles. The summed E-state index contributed by atoms with van der Waals surface area (Å²) in [5, 5.41) is 17.6. The minimum Gasteiger partial charge on any atom is -0.395 e. The number of aliphatic hydroxyl groups excluding tert-OH is 1. The maximum absolute atomic E-state index is 11.4. The molecule has 0 atom stereocenters. The highest BCUT2D eigenvalue weighted by molar-refractivity contribution is 7.92. The summed E-state index contributed by atoms with van der Waals surface area (Å²) in [5.74, 6) is -0.426. The molecule has 0 spiro atoms. The molecule has 5 nitrogen and oxygen atoms in total. The molecule has 0 heterocycles. The van der Waals surface area contributed by atoms with Crippen molar-refractivity contribution < 1.29 is 13.5 Å². The summed E-state index contributed by atoms with van der Waals surface area (Å²) < 4.78 is 24.9. The third kappa shape index (κ3) is 3.38. The largest absolute Gasteiger partial charge is 0.395 e. The van der Waals surface area contributed by atoms with Gasteiger partial charge in [-0.25, -0.2) is 8.42 Å². The Morgan fingerprint density at radius 2 is 2.19 bits per heavy atom. The number of anilines is 1. The topological polar surface area (TPSA) is 90.2 Å². The maximum atomic E-state index is 11.4. The second-order valence-electron chi connectivity index (χ2n) is 2.95. The molecule has 0 fully saturated rings. The first-order valence-electron chi connectivity index (χ1n) is 4.29. The molecule has 0 aliphatic heterocycles. The summed E-state index contributed by atoms with van der Waals surface area (Å²) in [5.41, 5.74) is 0.286. The van der Waals surface area contributed by atoms with E-state index in [4.69, 9.17) is 22.0 Å². The summed E-state index contributed by atoms with van der Waals surface area (Å²) >= 11 is 5.69. The Hall–Kier alpha value is -1.29. The molecular formula is C9H9ClN2O3S. The van der Waals surface area contributed by atoms with Gasteiger partial charge < -0.3 is 5.11 Å². The second kappa shape index (κ2) is 5.16. The molecule has 0 aromatic heterocycles. The predicted molar refractivity (Wildman–Crippen MR) is 60.7 cm³/mol. The number of nitrogens with zero attached hydrogens (tertiary/aromatic N) is 1. The van der Waals surface area contributed by atoms with Crippen LogP contribution in [0.25, 0.3) is 0 Å². The highest BCUT2D eigenvalue weighted by atomic mass is 35.5. The van der Waals surface area contributed by atoms with Crippen molar-refractivity contribution in [3.8, 4) is 6.07 Å². The normalized spacial score (nSPS) is 10.8. The zero-order chi connectivity index (χ0) is 12.2. The van der Waals surface area contributed by atoms with E-state index in [0.29, 0.717) is 5.02 Å². The van der Waals surface area contributed by atoms with E-state index in [9.17, 15) is 8.42 Å². The number of sulfonamides is 1. The van der Waals surface area contributed by atoms with Crippen LogP contribution in [-0.4, -0.2) is 25.9 Å². The monoisotopic (exact) mass is 260 g/mol. The molecule has 0 amide bonds. The van der Waals surface area contributed by atoms with Crippen molar-refractivity contribution >= 4 is 27.3 Å². The van der Waals surface area contributed by atoms with E-state index < -0.39 is 22.4 Å². The number of rotatable bonds is 4. The Kier molecular flexibility index (Phi) is 4.12. The van der Waals surface area contributed by atoms with Gasteiger partial charge in [-0.1, -0.05) is 11.6 Å². The Labute approximate surface area is 98.3 Å². The van der Waals surface area contributed by atoms with Crippen LogP contribution in [0.3, 0.4) is 0 Å². The maximum Gasteiger partial charge on any atom is 0.235 e. The van der Waals surface area contributed by atoms with Gasteiger partial charge in [0.15, 0.2) is 0 Å². The van der Waals surface area contributed by atoms with Crippen LogP contribution in [0, 0.1) is 11.3 Å². The number of hydrogen-bond acceptors (Lipinski definition) is 4. The summed E-state index contributed by atoms with van der Waals surface area (Å²) in [7, 11) is -3.64. The molecule has 0 unspecified atom stereocenters. The molecule has 1 rings (SSSR count). The van der Waals surface area contributed by atoms with Crippen molar-refractivity contribution in [1.29, 1.82) is 5.26 Å². The van der Waals surface area contributed by atoms with E-state index in [1.165, 1.54) is 18.2 Å². The number of halogens is 1. The third-order valence-corrected chi connectivity index (χ3v) is 3.21. The molecule has 0 aliphatic carbocycles. The lowest BCUT2D eigenvalue weighted by atomic mass is 10.2. The quantitative estimate of drug-likeness (QED) is 0.843.